The highest BCUT2D eigenvalue weighted by Gasteiger charge is 2.21. The number of aryl methyl sites for hydroxylation is 1. The predicted molar refractivity (Wildman–Crippen MR) is 115 cm³/mol. The summed E-state index contributed by atoms with van der Waals surface area (Å²) in [5, 5.41) is 0. The maximum Gasteiger partial charge on any atom is 0.178 e. The van der Waals surface area contributed by atoms with Crippen molar-refractivity contribution in [3.63, 3.8) is 0 Å². The zero-order valence-electron chi connectivity index (χ0n) is 16.3. The molecule has 2 aromatic heterocycles. The first kappa shape index (κ1) is 17.2. The smallest absolute Gasteiger partial charge is 0.178 e. The molecule has 0 bridgehead atoms. The lowest BCUT2D eigenvalue weighted by Gasteiger charge is -2.18. The minimum absolute atomic E-state index is 0.536. The van der Waals surface area contributed by atoms with Crippen molar-refractivity contribution in [3.05, 3.63) is 72.1 Å². The summed E-state index contributed by atoms with van der Waals surface area (Å²) in [7, 11) is 0. The van der Waals surface area contributed by atoms with Gasteiger partial charge >= 0.3 is 0 Å². The minimum Gasteiger partial charge on any atom is -0.340 e. The quantitative estimate of drug-likeness (QED) is 0.440. The summed E-state index contributed by atoms with van der Waals surface area (Å²) in [6, 6.07) is 21.3. The van der Waals surface area contributed by atoms with Crippen molar-refractivity contribution in [3.8, 4) is 22.4 Å². The van der Waals surface area contributed by atoms with E-state index in [1.807, 2.05) is 6.07 Å². The number of H-pyrrole nitrogens is 1. The molecule has 0 amide bonds. The summed E-state index contributed by atoms with van der Waals surface area (Å²) >= 11 is 0. The van der Waals surface area contributed by atoms with Gasteiger partial charge < -0.3 is 4.98 Å². The number of aromatic amines is 1. The Morgan fingerprint density at radius 2 is 1.57 bits per heavy atom. The number of imidazole rings is 1. The summed E-state index contributed by atoms with van der Waals surface area (Å²) in [4.78, 5) is 13.5. The third kappa shape index (κ3) is 3.22. The monoisotopic (exact) mass is 367 g/mol. The average molecular weight is 367 g/mol. The topological polar surface area (TPSA) is 41.6 Å². The van der Waals surface area contributed by atoms with Crippen LogP contribution in [0.25, 0.3) is 33.5 Å². The summed E-state index contributed by atoms with van der Waals surface area (Å²) < 4.78 is 0. The molecule has 3 heteroatoms. The number of benzene rings is 2. The van der Waals surface area contributed by atoms with Crippen molar-refractivity contribution in [1.29, 1.82) is 0 Å². The van der Waals surface area contributed by atoms with Crippen LogP contribution in [-0.4, -0.2) is 15.0 Å². The van der Waals surface area contributed by atoms with E-state index in [9.17, 15) is 0 Å². The van der Waals surface area contributed by atoms with Crippen LogP contribution in [0.1, 0.15) is 49.4 Å². The summed E-state index contributed by atoms with van der Waals surface area (Å²) in [5.74, 6) is 1.65. The van der Waals surface area contributed by atoms with Gasteiger partial charge in [-0.3, -0.25) is 0 Å². The molecule has 0 atom stereocenters. The van der Waals surface area contributed by atoms with Gasteiger partial charge in [0.25, 0.3) is 0 Å². The molecule has 1 N–H and O–H groups in total. The third-order valence-corrected chi connectivity index (χ3v) is 5.90. The lowest BCUT2D eigenvalue weighted by molar-refractivity contribution is 0.431. The molecule has 140 valence electrons. The van der Waals surface area contributed by atoms with Crippen LogP contribution in [-0.2, 0) is 0 Å². The van der Waals surface area contributed by atoms with Gasteiger partial charge in [0.15, 0.2) is 5.65 Å². The van der Waals surface area contributed by atoms with Crippen LogP contribution in [0, 0.1) is 6.92 Å². The minimum atomic E-state index is 0.536. The summed E-state index contributed by atoms with van der Waals surface area (Å²) in [6.07, 6.45) is 6.41. The van der Waals surface area contributed by atoms with E-state index in [1.54, 1.807) is 0 Å². The van der Waals surface area contributed by atoms with Crippen molar-refractivity contribution in [2.75, 3.05) is 0 Å². The second-order valence-electron chi connectivity index (χ2n) is 7.94. The summed E-state index contributed by atoms with van der Waals surface area (Å²) in [5.41, 5.74) is 7.64. The first-order valence-corrected chi connectivity index (χ1v) is 10.3. The fraction of sp³-hybridized carbons (Fsp3) is 0.280. The van der Waals surface area contributed by atoms with Crippen LogP contribution >= 0.6 is 0 Å². The number of aromatic nitrogens is 3. The third-order valence-electron chi connectivity index (χ3n) is 5.90. The largest absolute Gasteiger partial charge is 0.340 e. The van der Waals surface area contributed by atoms with Gasteiger partial charge in [-0.1, -0.05) is 79.4 Å². The van der Waals surface area contributed by atoms with Crippen LogP contribution in [0.5, 0.6) is 0 Å². The van der Waals surface area contributed by atoms with Gasteiger partial charge in [0.1, 0.15) is 5.82 Å². The molecule has 0 spiro atoms. The van der Waals surface area contributed by atoms with Gasteiger partial charge in [0.2, 0.25) is 0 Å². The molecule has 28 heavy (non-hydrogen) atoms. The molecule has 1 fully saturated rings. The number of hydrogen-bond donors (Lipinski definition) is 1. The Morgan fingerprint density at radius 1 is 0.821 bits per heavy atom. The number of nitrogens with one attached hydrogen (secondary N) is 1. The lowest BCUT2D eigenvalue weighted by atomic mass is 9.89. The van der Waals surface area contributed by atoms with Crippen LogP contribution in [0.3, 0.4) is 0 Å². The van der Waals surface area contributed by atoms with Crippen molar-refractivity contribution < 1.29 is 0 Å². The fourth-order valence-electron chi connectivity index (χ4n) is 4.29. The molecular weight excluding hydrogens is 342 g/mol. The van der Waals surface area contributed by atoms with Crippen molar-refractivity contribution in [2.45, 2.75) is 44.9 Å². The Labute approximate surface area is 165 Å². The van der Waals surface area contributed by atoms with Gasteiger partial charge in [0, 0.05) is 17.0 Å². The predicted octanol–water partition coefficient (Wildman–Crippen LogP) is 6.65. The Bertz CT molecular complexity index is 1090. The molecule has 5 rings (SSSR count). The second-order valence-corrected chi connectivity index (χ2v) is 7.94. The van der Waals surface area contributed by atoms with Crippen LogP contribution in [0.4, 0.5) is 0 Å². The molecule has 0 radical (unpaired) electrons. The molecule has 1 saturated carbocycles. The zero-order chi connectivity index (χ0) is 18.9. The molecule has 0 saturated heterocycles. The molecule has 0 aliphatic heterocycles. The van der Waals surface area contributed by atoms with Crippen molar-refractivity contribution in [2.24, 2.45) is 0 Å². The maximum absolute atomic E-state index is 4.96. The van der Waals surface area contributed by atoms with E-state index >= 15 is 0 Å². The number of fused-ring (bicyclic) bond motifs is 1. The van der Waals surface area contributed by atoms with Gasteiger partial charge in [-0.15, -0.1) is 0 Å². The Balaban J connectivity index is 1.69. The molecule has 3 nitrogen and oxygen atoms in total. The van der Waals surface area contributed by atoms with E-state index in [1.165, 1.54) is 48.8 Å². The molecule has 2 heterocycles. The Kier molecular flexibility index (Phi) is 4.44. The van der Waals surface area contributed by atoms with E-state index < -0.39 is 0 Å². The van der Waals surface area contributed by atoms with Crippen LogP contribution < -0.4 is 0 Å². The van der Waals surface area contributed by atoms with E-state index in [2.05, 4.69) is 66.5 Å². The average Bonchev–Trinajstić information content (AvgIpc) is 3.19. The van der Waals surface area contributed by atoms with E-state index in [0.29, 0.717) is 5.92 Å². The number of nitrogens with zero attached hydrogens (tertiary/aromatic N) is 2. The van der Waals surface area contributed by atoms with Crippen molar-refractivity contribution >= 4 is 11.2 Å². The number of pyridine rings is 1. The molecule has 1 aliphatic carbocycles. The van der Waals surface area contributed by atoms with Crippen LogP contribution in [0.15, 0.2) is 60.7 Å². The first-order chi connectivity index (χ1) is 13.8. The number of rotatable bonds is 3. The Hall–Kier alpha value is -2.94. The molecular formula is C25H25N3. The maximum atomic E-state index is 4.96. The second kappa shape index (κ2) is 7.23. The fourth-order valence-corrected chi connectivity index (χ4v) is 4.29. The first-order valence-electron chi connectivity index (χ1n) is 10.3. The SMILES string of the molecule is Cc1ccc(-c2cc(-c3ccccc3)nc3nc(C4CCCCC4)[nH]c23)cc1. The molecule has 0 unspecified atom stereocenters. The van der Waals surface area contributed by atoms with E-state index in [0.717, 1.165) is 28.2 Å². The lowest BCUT2D eigenvalue weighted by Crippen LogP contribution is -2.05. The standard InChI is InChI=1S/C25H25N3/c1-17-12-14-18(15-13-17)21-16-22(19-8-4-2-5-9-19)26-25-23(21)27-24(28-25)20-10-6-3-7-11-20/h2,4-5,8-9,12-16,20H,3,6-7,10-11H2,1H3,(H,26,27,28). The van der Waals surface area contributed by atoms with Gasteiger partial charge in [-0.05, 0) is 31.4 Å². The van der Waals surface area contributed by atoms with Gasteiger partial charge in [-0.2, -0.15) is 0 Å². The highest BCUT2D eigenvalue weighted by Crippen LogP contribution is 2.35. The molecule has 4 aromatic rings. The van der Waals surface area contributed by atoms with Gasteiger partial charge in [-0.25, -0.2) is 9.97 Å². The van der Waals surface area contributed by atoms with Gasteiger partial charge in [0.05, 0.1) is 11.2 Å². The van der Waals surface area contributed by atoms with E-state index in [4.69, 9.17) is 9.97 Å². The van der Waals surface area contributed by atoms with Crippen molar-refractivity contribution in [1.82, 2.24) is 15.0 Å². The highest BCUT2D eigenvalue weighted by molar-refractivity contribution is 5.92. The zero-order valence-corrected chi connectivity index (χ0v) is 16.3. The molecule has 1 aliphatic rings. The normalized spacial score (nSPS) is 15.2. The Morgan fingerprint density at radius 3 is 2.32 bits per heavy atom. The molecule has 2 aromatic carbocycles. The number of hydrogen-bond acceptors (Lipinski definition) is 2. The summed E-state index contributed by atoms with van der Waals surface area (Å²) in [6.45, 7) is 2.12. The van der Waals surface area contributed by atoms with E-state index in [-0.39, 0.29) is 0 Å². The highest BCUT2D eigenvalue weighted by atomic mass is 15.0. The van der Waals surface area contributed by atoms with Crippen LogP contribution in [0.2, 0.25) is 0 Å².